The molecule has 2 aromatic carbocycles. The van der Waals surface area contributed by atoms with Crippen LogP contribution in [-0.4, -0.2) is 31.6 Å². The first kappa shape index (κ1) is 19.9. The van der Waals surface area contributed by atoms with Gasteiger partial charge in [-0.05, 0) is 30.7 Å². The molecule has 3 rings (SSSR count). The number of halogens is 1. The van der Waals surface area contributed by atoms with E-state index in [1.807, 2.05) is 6.07 Å². The maximum absolute atomic E-state index is 13.2. The van der Waals surface area contributed by atoms with E-state index in [1.54, 1.807) is 49.4 Å². The number of esters is 3. The minimum Gasteiger partial charge on any atom is -0.469 e. The second-order valence-electron chi connectivity index (χ2n) is 6.36. The Hall–Kier alpha value is -2.86. The molecule has 2 atom stereocenters. The van der Waals surface area contributed by atoms with Crippen molar-refractivity contribution in [1.82, 2.24) is 0 Å². The molecule has 0 spiro atoms. The summed E-state index contributed by atoms with van der Waals surface area (Å²) in [5.74, 6) is -2.98. The summed E-state index contributed by atoms with van der Waals surface area (Å²) >= 11 is 6.18. The smallest absolute Gasteiger partial charge is 0.330 e. The molecule has 2 aromatic rings. The van der Waals surface area contributed by atoms with Crippen molar-refractivity contribution in [3.05, 3.63) is 64.7 Å². The Balaban J connectivity index is 2.31. The molecule has 0 radical (unpaired) electrons. The molecule has 146 valence electrons. The lowest BCUT2D eigenvalue weighted by Gasteiger charge is -2.40. The summed E-state index contributed by atoms with van der Waals surface area (Å²) in [7, 11) is 1.19. The second-order valence-corrected chi connectivity index (χ2v) is 6.80. The topological polar surface area (TPSA) is 78.9 Å². The number of methoxy groups -OCH3 is 1. The highest BCUT2D eigenvalue weighted by molar-refractivity contribution is 6.30. The van der Waals surface area contributed by atoms with E-state index in [1.165, 1.54) is 7.11 Å². The van der Waals surface area contributed by atoms with Crippen LogP contribution < -0.4 is 4.74 Å². The highest BCUT2D eigenvalue weighted by Crippen LogP contribution is 2.52. The van der Waals surface area contributed by atoms with E-state index in [2.05, 4.69) is 0 Å². The minimum absolute atomic E-state index is 0.0406. The van der Waals surface area contributed by atoms with Gasteiger partial charge in [0.25, 0.3) is 0 Å². The molecule has 0 fully saturated rings. The molecule has 1 aliphatic heterocycles. The van der Waals surface area contributed by atoms with Crippen molar-refractivity contribution in [2.45, 2.75) is 19.3 Å². The van der Waals surface area contributed by atoms with Crippen molar-refractivity contribution in [1.29, 1.82) is 0 Å². The van der Waals surface area contributed by atoms with Gasteiger partial charge in [0.15, 0.2) is 5.41 Å². The lowest BCUT2D eigenvalue weighted by Crippen LogP contribution is -2.52. The third kappa shape index (κ3) is 3.36. The van der Waals surface area contributed by atoms with Crippen molar-refractivity contribution >= 4 is 29.5 Å². The zero-order valence-corrected chi connectivity index (χ0v) is 16.2. The lowest BCUT2D eigenvalue weighted by atomic mass is 9.65. The SMILES string of the molecule is CCOC(=O)C1(CC(=O)OC)C(=O)Oc2ccc(Cl)cc2C1c1ccccc1. The molecule has 0 aromatic heterocycles. The molecule has 0 saturated heterocycles. The largest absolute Gasteiger partial charge is 0.469 e. The first-order valence-electron chi connectivity index (χ1n) is 8.74. The third-order valence-electron chi connectivity index (χ3n) is 4.77. The summed E-state index contributed by atoms with van der Waals surface area (Å²) in [6, 6.07) is 13.7. The highest BCUT2D eigenvalue weighted by atomic mass is 35.5. The molecule has 0 N–H and O–H groups in total. The normalized spacial score (nSPS) is 20.7. The Kier molecular flexibility index (Phi) is 5.70. The van der Waals surface area contributed by atoms with E-state index in [-0.39, 0.29) is 12.4 Å². The molecule has 1 aliphatic rings. The molecule has 28 heavy (non-hydrogen) atoms. The first-order valence-corrected chi connectivity index (χ1v) is 9.12. The number of ether oxygens (including phenoxy) is 3. The predicted octanol–water partition coefficient (Wildman–Crippen LogP) is 3.50. The Morgan fingerprint density at radius 1 is 1.18 bits per heavy atom. The molecule has 7 heteroatoms. The summed E-state index contributed by atoms with van der Waals surface area (Å²) in [5, 5.41) is 0.411. The van der Waals surface area contributed by atoms with Crippen LogP contribution in [0.1, 0.15) is 30.4 Å². The van der Waals surface area contributed by atoms with Gasteiger partial charge >= 0.3 is 17.9 Å². The number of fused-ring (bicyclic) bond motifs is 1. The lowest BCUT2D eigenvalue weighted by molar-refractivity contribution is -0.175. The van der Waals surface area contributed by atoms with Crippen LogP contribution in [0.5, 0.6) is 5.75 Å². The van der Waals surface area contributed by atoms with E-state index in [9.17, 15) is 14.4 Å². The number of hydrogen-bond acceptors (Lipinski definition) is 6. The Morgan fingerprint density at radius 2 is 1.89 bits per heavy atom. The summed E-state index contributed by atoms with van der Waals surface area (Å²) < 4.78 is 15.4. The maximum Gasteiger partial charge on any atom is 0.330 e. The predicted molar refractivity (Wildman–Crippen MR) is 101 cm³/mol. The Labute approximate surface area is 167 Å². The monoisotopic (exact) mass is 402 g/mol. The molecular formula is C21H19ClO6. The van der Waals surface area contributed by atoms with E-state index in [0.717, 1.165) is 0 Å². The van der Waals surface area contributed by atoms with Gasteiger partial charge in [-0.2, -0.15) is 0 Å². The van der Waals surface area contributed by atoms with E-state index >= 15 is 0 Å². The van der Waals surface area contributed by atoms with E-state index in [4.69, 9.17) is 25.8 Å². The van der Waals surface area contributed by atoms with Gasteiger partial charge < -0.3 is 14.2 Å². The number of carbonyl (C=O) groups is 3. The molecule has 2 unspecified atom stereocenters. The van der Waals surface area contributed by atoms with Crippen LogP contribution in [0, 0.1) is 5.41 Å². The van der Waals surface area contributed by atoms with E-state index < -0.39 is 35.7 Å². The fourth-order valence-corrected chi connectivity index (χ4v) is 3.71. The fourth-order valence-electron chi connectivity index (χ4n) is 3.53. The Morgan fingerprint density at radius 3 is 2.54 bits per heavy atom. The Bertz CT molecular complexity index is 910. The molecule has 0 bridgehead atoms. The van der Waals surface area contributed by atoms with Crippen LogP contribution in [0.25, 0.3) is 0 Å². The number of hydrogen-bond donors (Lipinski definition) is 0. The van der Waals surface area contributed by atoms with Gasteiger partial charge in [-0.1, -0.05) is 41.9 Å². The molecule has 0 saturated carbocycles. The number of benzene rings is 2. The van der Waals surface area contributed by atoms with Gasteiger partial charge in [0.05, 0.1) is 20.1 Å². The van der Waals surface area contributed by atoms with Gasteiger partial charge in [0.2, 0.25) is 0 Å². The number of carbonyl (C=O) groups excluding carboxylic acids is 3. The van der Waals surface area contributed by atoms with Gasteiger partial charge in [-0.25, -0.2) is 0 Å². The second kappa shape index (κ2) is 8.02. The molecule has 0 aliphatic carbocycles. The summed E-state index contributed by atoms with van der Waals surface area (Å²) in [5.41, 5.74) is -0.753. The molecular weight excluding hydrogens is 384 g/mol. The van der Waals surface area contributed by atoms with Crippen LogP contribution >= 0.6 is 11.6 Å². The van der Waals surface area contributed by atoms with Crippen LogP contribution in [0.2, 0.25) is 5.02 Å². The molecule has 1 heterocycles. The summed E-state index contributed by atoms with van der Waals surface area (Å²) in [6.07, 6.45) is -0.521. The van der Waals surface area contributed by atoms with Crippen LogP contribution in [-0.2, 0) is 23.9 Å². The van der Waals surface area contributed by atoms with Crippen molar-refractivity contribution < 1.29 is 28.6 Å². The van der Waals surface area contributed by atoms with Gasteiger partial charge in [-0.15, -0.1) is 0 Å². The maximum atomic E-state index is 13.2. The van der Waals surface area contributed by atoms with Crippen molar-refractivity contribution in [2.24, 2.45) is 5.41 Å². The standard InChI is InChI=1S/C21H19ClO6/c1-3-27-19(24)21(12-17(23)26-2)18(13-7-5-4-6-8-13)15-11-14(22)9-10-16(15)28-20(21)25/h4-11,18H,3,12H2,1-2H3. The van der Waals surface area contributed by atoms with Crippen molar-refractivity contribution in [3.63, 3.8) is 0 Å². The zero-order chi connectivity index (χ0) is 20.3. The van der Waals surface area contributed by atoms with Crippen LogP contribution in [0.15, 0.2) is 48.5 Å². The molecule has 6 nitrogen and oxygen atoms in total. The van der Waals surface area contributed by atoms with Gasteiger partial charge in [-0.3, -0.25) is 14.4 Å². The zero-order valence-electron chi connectivity index (χ0n) is 15.4. The van der Waals surface area contributed by atoms with Gasteiger partial charge in [0, 0.05) is 16.5 Å². The number of rotatable bonds is 5. The highest BCUT2D eigenvalue weighted by Gasteiger charge is 2.60. The van der Waals surface area contributed by atoms with Crippen molar-refractivity contribution in [2.75, 3.05) is 13.7 Å². The average Bonchev–Trinajstić information content (AvgIpc) is 2.69. The van der Waals surface area contributed by atoms with Crippen LogP contribution in [0.4, 0.5) is 0 Å². The quantitative estimate of drug-likeness (QED) is 0.432. The summed E-state index contributed by atoms with van der Waals surface area (Å²) in [6.45, 7) is 1.67. The van der Waals surface area contributed by atoms with Crippen molar-refractivity contribution in [3.8, 4) is 5.75 Å². The first-order chi connectivity index (χ1) is 13.4. The molecule has 0 amide bonds. The third-order valence-corrected chi connectivity index (χ3v) is 5.00. The minimum atomic E-state index is -1.93. The van der Waals surface area contributed by atoms with Gasteiger partial charge in [0.1, 0.15) is 5.75 Å². The van der Waals surface area contributed by atoms with E-state index in [0.29, 0.717) is 16.1 Å². The average molecular weight is 403 g/mol. The summed E-state index contributed by atoms with van der Waals surface area (Å²) in [4.78, 5) is 38.5. The van der Waals surface area contributed by atoms with Crippen LogP contribution in [0.3, 0.4) is 0 Å². The fraction of sp³-hybridized carbons (Fsp3) is 0.286.